The van der Waals surface area contributed by atoms with Crippen molar-refractivity contribution in [2.24, 2.45) is 5.92 Å². The number of hydrogen-bond acceptors (Lipinski definition) is 5. The highest BCUT2D eigenvalue weighted by molar-refractivity contribution is 6.00. The third-order valence-corrected chi connectivity index (χ3v) is 6.26. The van der Waals surface area contributed by atoms with Gasteiger partial charge in [-0.25, -0.2) is 9.18 Å². The zero-order valence-electron chi connectivity index (χ0n) is 18.1. The number of nitrogens with zero attached hydrogens (tertiary/aromatic N) is 2. The number of piperidine rings is 1. The van der Waals surface area contributed by atoms with Gasteiger partial charge in [0.15, 0.2) is 5.58 Å². The fourth-order valence-electron chi connectivity index (χ4n) is 4.29. The van der Waals surface area contributed by atoms with E-state index < -0.39 is 6.09 Å². The lowest BCUT2D eigenvalue weighted by Gasteiger charge is -2.29. The minimum absolute atomic E-state index is 0.227. The molecule has 0 spiro atoms. The summed E-state index contributed by atoms with van der Waals surface area (Å²) in [4.78, 5) is 25.2. The Morgan fingerprint density at radius 2 is 1.88 bits per heavy atom. The Bertz CT molecular complexity index is 1140. The molecule has 2 heterocycles. The molecule has 0 radical (unpaired) electrons. The van der Waals surface area contributed by atoms with Crippen LogP contribution in [-0.2, 0) is 19.6 Å². The summed E-state index contributed by atoms with van der Waals surface area (Å²) in [7, 11) is 0. The van der Waals surface area contributed by atoms with Gasteiger partial charge in [-0.2, -0.15) is 0 Å². The van der Waals surface area contributed by atoms with E-state index in [1.54, 1.807) is 24.3 Å². The quantitative estimate of drug-likeness (QED) is 0.500. The van der Waals surface area contributed by atoms with Crippen molar-refractivity contribution in [3.8, 4) is 0 Å². The molecule has 1 fully saturated rings. The molecule has 1 aliphatic heterocycles. The standard InChI is InChI=1S/C24H26FN3O5/c25-17-4-1-16(2-5-17)13-26-23(30)18-6-7-19-21(27-33-22(19)20(18)14-29)8-3-15-9-11-28(12-10-15)24(31)32/h1-2,4-7,15,29H,3,8-14H2,(H,26,30)(H,31,32). The van der Waals surface area contributed by atoms with E-state index in [4.69, 9.17) is 9.63 Å². The number of aryl methyl sites for hydroxylation is 1. The summed E-state index contributed by atoms with van der Waals surface area (Å²) < 4.78 is 18.6. The minimum Gasteiger partial charge on any atom is -0.465 e. The number of carbonyl (C=O) groups excluding carboxylic acids is 1. The Morgan fingerprint density at radius 3 is 2.55 bits per heavy atom. The number of aliphatic hydroxyl groups is 1. The molecule has 0 saturated carbocycles. The predicted octanol–water partition coefficient (Wildman–Crippen LogP) is 3.71. The molecule has 4 rings (SSSR count). The van der Waals surface area contributed by atoms with E-state index in [0.29, 0.717) is 42.1 Å². The first-order chi connectivity index (χ1) is 16.0. The highest BCUT2D eigenvalue weighted by Crippen LogP contribution is 2.29. The molecule has 2 aromatic carbocycles. The van der Waals surface area contributed by atoms with Gasteiger partial charge in [0, 0.05) is 36.1 Å². The number of fused-ring (bicyclic) bond motifs is 1. The number of aromatic nitrogens is 1. The lowest BCUT2D eigenvalue weighted by Crippen LogP contribution is -2.37. The molecule has 3 aromatic rings. The van der Waals surface area contributed by atoms with Gasteiger partial charge in [0.2, 0.25) is 0 Å². The van der Waals surface area contributed by atoms with E-state index in [1.165, 1.54) is 17.0 Å². The maximum atomic E-state index is 13.0. The summed E-state index contributed by atoms with van der Waals surface area (Å²) in [6.45, 7) is 0.943. The van der Waals surface area contributed by atoms with Crippen molar-refractivity contribution in [3.05, 3.63) is 64.6 Å². The van der Waals surface area contributed by atoms with Crippen LogP contribution in [0.4, 0.5) is 9.18 Å². The fourth-order valence-corrected chi connectivity index (χ4v) is 4.29. The first kappa shape index (κ1) is 22.7. The zero-order chi connectivity index (χ0) is 23.4. The van der Waals surface area contributed by atoms with Crippen molar-refractivity contribution < 1.29 is 28.7 Å². The number of nitrogens with one attached hydrogen (secondary N) is 1. The van der Waals surface area contributed by atoms with Crippen LogP contribution in [0.3, 0.4) is 0 Å². The summed E-state index contributed by atoms with van der Waals surface area (Å²) in [5, 5.41) is 26.7. The SMILES string of the molecule is O=C(NCc1ccc(F)cc1)c1ccc2c(CCC3CCN(C(=O)O)CC3)noc2c1CO. The highest BCUT2D eigenvalue weighted by Gasteiger charge is 2.24. The average Bonchev–Trinajstić information content (AvgIpc) is 3.25. The molecule has 1 aromatic heterocycles. The van der Waals surface area contributed by atoms with Crippen molar-refractivity contribution in [1.29, 1.82) is 0 Å². The molecule has 0 bridgehead atoms. The Morgan fingerprint density at radius 1 is 1.15 bits per heavy atom. The van der Waals surface area contributed by atoms with Gasteiger partial charge in [-0.3, -0.25) is 4.79 Å². The van der Waals surface area contributed by atoms with E-state index in [0.717, 1.165) is 35.9 Å². The third-order valence-electron chi connectivity index (χ3n) is 6.26. The topological polar surface area (TPSA) is 116 Å². The number of benzene rings is 2. The summed E-state index contributed by atoms with van der Waals surface area (Å²) in [5.41, 5.74) is 2.59. The van der Waals surface area contributed by atoms with Crippen LogP contribution in [0, 0.1) is 11.7 Å². The summed E-state index contributed by atoms with van der Waals surface area (Å²) >= 11 is 0. The lowest BCUT2D eigenvalue weighted by molar-refractivity contribution is 0.0947. The predicted molar refractivity (Wildman–Crippen MR) is 118 cm³/mol. The molecule has 1 aliphatic rings. The van der Waals surface area contributed by atoms with Crippen molar-refractivity contribution in [1.82, 2.24) is 15.4 Å². The average molecular weight is 455 g/mol. The number of aliphatic hydroxyl groups excluding tert-OH is 1. The van der Waals surface area contributed by atoms with Crippen molar-refractivity contribution in [2.75, 3.05) is 13.1 Å². The van der Waals surface area contributed by atoms with Gasteiger partial charge < -0.3 is 25.0 Å². The second-order valence-electron chi connectivity index (χ2n) is 8.32. The van der Waals surface area contributed by atoms with Gasteiger partial charge in [-0.05, 0) is 61.4 Å². The van der Waals surface area contributed by atoms with Gasteiger partial charge in [-0.1, -0.05) is 17.3 Å². The molecular formula is C24H26FN3O5. The molecule has 1 saturated heterocycles. The van der Waals surface area contributed by atoms with Crippen LogP contribution >= 0.6 is 0 Å². The molecule has 2 amide bonds. The molecule has 0 atom stereocenters. The van der Waals surface area contributed by atoms with E-state index in [9.17, 15) is 19.1 Å². The van der Waals surface area contributed by atoms with E-state index in [1.807, 2.05) is 0 Å². The van der Waals surface area contributed by atoms with Gasteiger partial charge in [0.05, 0.1) is 12.3 Å². The van der Waals surface area contributed by atoms with E-state index in [-0.39, 0.29) is 24.9 Å². The van der Waals surface area contributed by atoms with Crippen LogP contribution in [0.5, 0.6) is 0 Å². The maximum absolute atomic E-state index is 13.0. The molecular weight excluding hydrogens is 429 g/mol. The second-order valence-corrected chi connectivity index (χ2v) is 8.32. The van der Waals surface area contributed by atoms with Crippen LogP contribution in [-0.4, -0.2) is 45.4 Å². The van der Waals surface area contributed by atoms with Crippen molar-refractivity contribution in [2.45, 2.75) is 38.8 Å². The molecule has 3 N–H and O–H groups in total. The number of halogens is 1. The van der Waals surface area contributed by atoms with Gasteiger partial charge in [0.1, 0.15) is 5.82 Å². The molecule has 0 unspecified atom stereocenters. The number of rotatable bonds is 7. The first-order valence-electron chi connectivity index (χ1n) is 11.0. The first-order valence-corrected chi connectivity index (χ1v) is 11.0. The van der Waals surface area contributed by atoms with Crippen LogP contribution in [0.2, 0.25) is 0 Å². The fraction of sp³-hybridized carbons (Fsp3) is 0.375. The van der Waals surface area contributed by atoms with Crippen LogP contribution < -0.4 is 5.32 Å². The molecule has 33 heavy (non-hydrogen) atoms. The number of amides is 2. The van der Waals surface area contributed by atoms with Crippen LogP contribution in [0.1, 0.15) is 46.4 Å². The Hall–Kier alpha value is -3.46. The number of carboxylic acid groups (broad SMARTS) is 1. The third kappa shape index (κ3) is 5.14. The van der Waals surface area contributed by atoms with Gasteiger partial charge in [-0.15, -0.1) is 0 Å². The van der Waals surface area contributed by atoms with Crippen LogP contribution in [0.15, 0.2) is 40.9 Å². The monoisotopic (exact) mass is 455 g/mol. The van der Waals surface area contributed by atoms with E-state index >= 15 is 0 Å². The van der Waals surface area contributed by atoms with Gasteiger partial charge in [0.25, 0.3) is 5.91 Å². The summed E-state index contributed by atoms with van der Waals surface area (Å²) in [6.07, 6.45) is 2.31. The smallest absolute Gasteiger partial charge is 0.407 e. The summed E-state index contributed by atoms with van der Waals surface area (Å²) in [5.74, 6) is -0.292. The Balaban J connectivity index is 1.42. The Kier molecular flexibility index (Phi) is 6.88. The second kappa shape index (κ2) is 9.99. The molecule has 9 heteroatoms. The minimum atomic E-state index is -0.870. The molecule has 8 nitrogen and oxygen atoms in total. The zero-order valence-corrected chi connectivity index (χ0v) is 18.1. The van der Waals surface area contributed by atoms with E-state index in [2.05, 4.69) is 10.5 Å². The highest BCUT2D eigenvalue weighted by atomic mass is 19.1. The lowest BCUT2D eigenvalue weighted by atomic mass is 9.91. The summed E-state index contributed by atoms with van der Waals surface area (Å²) in [6, 6.07) is 9.29. The van der Waals surface area contributed by atoms with Crippen molar-refractivity contribution >= 4 is 23.0 Å². The molecule has 0 aliphatic carbocycles. The number of hydrogen-bond donors (Lipinski definition) is 3. The van der Waals surface area contributed by atoms with Gasteiger partial charge >= 0.3 is 6.09 Å². The largest absolute Gasteiger partial charge is 0.465 e. The maximum Gasteiger partial charge on any atom is 0.407 e. The molecule has 174 valence electrons. The normalized spacial score (nSPS) is 14.5. The van der Waals surface area contributed by atoms with Crippen LogP contribution in [0.25, 0.3) is 11.0 Å². The number of likely N-dealkylation sites (tertiary alicyclic amines) is 1. The Labute approximate surface area is 190 Å². The number of carbonyl (C=O) groups is 2. The van der Waals surface area contributed by atoms with Crippen molar-refractivity contribution in [3.63, 3.8) is 0 Å².